The fourth-order valence-corrected chi connectivity index (χ4v) is 0.610. The molecule has 0 unspecified atom stereocenters. The molecule has 42 valence electrons. The zero-order valence-electron chi connectivity index (χ0n) is 4.73. The summed E-state index contributed by atoms with van der Waals surface area (Å²) in [6, 6.07) is 3.82. The van der Waals surface area contributed by atoms with Gasteiger partial charge in [0.05, 0.1) is 5.69 Å². The summed E-state index contributed by atoms with van der Waals surface area (Å²) in [7, 11) is 0. The third-order valence-electron chi connectivity index (χ3n) is 1.01. The summed E-state index contributed by atoms with van der Waals surface area (Å²) in [5.74, 6) is 0. The van der Waals surface area contributed by atoms with Crippen LogP contribution in [0.2, 0.25) is 0 Å². The van der Waals surface area contributed by atoms with Gasteiger partial charge in [-0.3, -0.25) is 0 Å². The fourth-order valence-electron chi connectivity index (χ4n) is 0.610. The Labute approximate surface area is 48.1 Å². The second-order valence-corrected chi connectivity index (χ2v) is 1.74. The van der Waals surface area contributed by atoms with E-state index in [1.54, 1.807) is 0 Å². The van der Waals surface area contributed by atoms with Crippen molar-refractivity contribution in [3.05, 3.63) is 23.5 Å². The predicted octanol–water partition coefficient (Wildman–Crippen LogP) is 1.32. The van der Waals surface area contributed by atoms with E-state index in [-0.39, 0.29) is 0 Å². The average Bonchev–Trinajstić information content (AvgIpc) is 2.14. The molecule has 0 atom stereocenters. The van der Waals surface area contributed by atoms with Crippen LogP contribution in [-0.2, 0) is 0 Å². The van der Waals surface area contributed by atoms with Crippen molar-refractivity contribution in [1.82, 2.24) is 4.98 Å². The lowest BCUT2D eigenvalue weighted by Crippen LogP contribution is -1.76. The highest BCUT2D eigenvalue weighted by Gasteiger charge is 1.85. The molecule has 0 saturated heterocycles. The lowest BCUT2D eigenvalue weighted by atomic mass is 10.4. The molecule has 0 bridgehead atoms. The second kappa shape index (κ2) is 1.82. The van der Waals surface area contributed by atoms with Gasteiger partial charge >= 0.3 is 0 Å². The minimum Gasteiger partial charge on any atom is -0.358 e. The van der Waals surface area contributed by atoms with Crippen molar-refractivity contribution < 1.29 is 0 Å². The van der Waals surface area contributed by atoms with Crippen molar-refractivity contribution in [2.24, 2.45) is 0 Å². The largest absolute Gasteiger partial charge is 0.358 e. The van der Waals surface area contributed by atoms with Gasteiger partial charge in [-0.15, -0.1) is 0 Å². The molecule has 0 radical (unpaired) electrons. The first-order valence-corrected chi connectivity index (χ1v) is 2.49. The second-order valence-electron chi connectivity index (χ2n) is 1.74. The monoisotopic (exact) mass is 108 g/mol. The highest BCUT2D eigenvalue weighted by atomic mass is 14.7. The van der Waals surface area contributed by atoms with E-state index in [1.165, 1.54) is 6.21 Å². The van der Waals surface area contributed by atoms with Crippen molar-refractivity contribution >= 4 is 6.21 Å². The lowest BCUT2D eigenvalue weighted by molar-refractivity contribution is 1.25. The van der Waals surface area contributed by atoms with Gasteiger partial charge in [-0.05, 0) is 19.1 Å². The number of aryl methyl sites for hydroxylation is 1. The number of rotatable bonds is 1. The van der Waals surface area contributed by atoms with Gasteiger partial charge in [-0.2, -0.15) is 0 Å². The molecule has 2 N–H and O–H groups in total. The Morgan fingerprint density at radius 2 is 2.38 bits per heavy atom. The third kappa shape index (κ3) is 0.780. The Kier molecular flexibility index (Phi) is 1.16. The van der Waals surface area contributed by atoms with Gasteiger partial charge in [-0.25, -0.2) is 0 Å². The van der Waals surface area contributed by atoms with E-state index in [1.807, 2.05) is 19.1 Å². The maximum absolute atomic E-state index is 6.80. The average molecular weight is 108 g/mol. The van der Waals surface area contributed by atoms with Gasteiger partial charge in [0, 0.05) is 11.9 Å². The van der Waals surface area contributed by atoms with Gasteiger partial charge in [-0.1, -0.05) is 0 Å². The summed E-state index contributed by atoms with van der Waals surface area (Å²) >= 11 is 0. The van der Waals surface area contributed by atoms with E-state index < -0.39 is 0 Å². The standard InChI is InChI=1S/C6H8N2/c1-5-2-3-6(4-7)8-5/h2-4,7-8H,1H3. The van der Waals surface area contributed by atoms with Crippen LogP contribution in [0.3, 0.4) is 0 Å². The van der Waals surface area contributed by atoms with Gasteiger partial charge in [0.25, 0.3) is 0 Å². The maximum Gasteiger partial charge on any atom is 0.0561 e. The molecular weight excluding hydrogens is 100 g/mol. The van der Waals surface area contributed by atoms with E-state index in [2.05, 4.69) is 4.98 Å². The Bertz CT molecular complexity index is 188. The van der Waals surface area contributed by atoms with Gasteiger partial charge in [0.15, 0.2) is 0 Å². The molecule has 2 nitrogen and oxygen atoms in total. The molecule has 0 aliphatic rings. The molecule has 0 amide bonds. The van der Waals surface area contributed by atoms with Crippen molar-refractivity contribution in [2.45, 2.75) is 6.92 Å². The summed E-state index contributed by atoms with van der Waals surface area (Å²) in [5.41, 5.74) is 1.96. The first-order valence-electron chi connectivity index (χ1n) is 2.49. The number of aromatic nitrogens is 1. The molecule has 0 saturated carbocycles. The zero-order chi connectivity index (χ0) is 5.98. The summed E-state index contributed by atoms with van der Waals surface area (Å²) < 4.78 is 0. The van der Waals surface area contributed by atoms with Crippen LogP contribution >= 0.6 is 0 Å². The van der Waals surface area contributed by atoms with Crippen LogP contribution in [0.25, 0.3) is 0 Å². The summed E-state index contributed by atoms with van der Waals surface area (Å²) in [5, 5.41) is 6.80. The molecule has 2 heteroatoms. The van der Waals surface area contributed by atoms with E-state index in [0.717, 1.165) is 11.4 Å². The van der Waals surface area contributed by atoms with Crippen LogP contribution in [0.1, 0.15) is 11.4 Å². The van der Waals surface area contributed by atoms with Crippen LogP contribution in [-0.4, -0.2) is 11.2 Å². The van der Waals surface area contributed by atoms with Crippen molar-refractivity contribution in [1.29, 1.82) is 5.41 Å². The Morgan fingerprint density at radius 1 is 1.62 bits per heavy atom. The van der Waals surface area contributed by atoms with Crippen LogP contribution in [0.4, 0.5) is 0 Å². The van der Waals surface area contributed by atoms with E-state index in [4.69, 9.17) is 5.41 Å². The van der Waals surface area contributed by atoms with Crippen molar-refractivity contribution in [3.63, 3.8) is 0 Å². The van der Waals surface area contributed by atoms with E-state index in [0.29, 0.717) is 0 Å². The van der Waals surface area contributed by atoms with Crippen molar-refractivity contribution in [2.75, 3.05) is 0 Å². The summed E-state index contributed by atoms with van der Waals surface area (Å²) in [6.07, 6.45) is 1.30. The maximum atomic E-state index is 6.80. The molecule has 8 heavy (non-hydrogen) atoms. The quantitative estimate of drug-likeness (QED) is 0.509. The van der Waals surface area contributed by atoms with Crippen LogP contribution in [0.15, 0.2) is 12.1 Å². The van der Waals surface area contributed by atoms with Crippen molar-refractivity contribution in [3.8, 4) is 0 Å². The minimum absolute atomic E-state index is 0.863. The molecule has 0 aliphatic heterocycles. The molecule has 0 aromatic carbocycles. The van der Waals surface area contributed by atoms with Gasteiger partial charge in [0.2, 0.25) is 0 Å². The number of nitrogens with one attached hydrogen (secondary N) is 2. The smallest absolute Gasteiger partial charge is 0.0561 e. The fraction of sp³-hybridized carbons (Fsp3) is 0.167. The predicted molar refractivity (Wildman–Crippen MR) is 33.4 cm³/mol. The number of hydrogen-bond acceptors (Lipinski definition) is 1. The molecule has 0 fully saturated rings. The molecule has 0 aliphatic carbocycles. The van der Waals surface area contributed by atoms with Crippen LogP contribution in [0, 0.1) is 12.3 Å². The number of H-pyrrole nitrogens is 1. The highest BCUT2D eigenvalue weighted by molar-refractivity contribution is 5.74. The van der Waals surface area contributed by atoms with Gasteiger partial charge in [0.1, 0.15) is 0 Å². The normalized spacial score (nSPS) is 9.12. The van der Waals surface area contributed by atoms with Crippen LogP contribution < -0.4 is 0 Å². The van der Waals surface area contributed by atoms with E-state index >= 15 is 0 Å². The molecule has 1 aromatic rings. The third-order valence-corrected chi connectivity index (χ3v) is 1.01. The molecule has 1 aromatic heterocycles. The highest BCUT2D eigenvalue weighted by Crippen LogP contribution is 1.94. The van der Waals surface area contributed by atoms with E-state index in [9.17, 15) is 0 Å². The number of hydrogen-bond donors (Lipinski definition) is 2. The Morgan fingerprint density at radius 3 is 2.62 bits per heavy atom. The minimum atomic E-state index is 0.863. The molecule has 0 spiro atoms. The first kappa shape index (κ1) is 5.09. The lowest BCUT2D eigenvalue weighted by Gasteiger charge is -1.78. The number of aromatic amines is 1. The molecule has 1 rings (SSSR count). The Balaban J connectivity index is 3.00. The first-order chi connectivity index (χ1) is 3.83. The summed E-state index contributed by atoms with van der Waals surface area (Å²) in [4.78, 5) is 2.98. The molecule has 1 heterocycles. The Hall–Kier alpha value is -1.05. The topological polar surface area (TPSA) is 39.6 Å². The zero-order valence-corrected chi connectivity index (χ0v) is 4.73. The van der Waals surface area contributed by atoms with Crippen LogP contribution in [0.5, 0.6) is 0 Å². The van der Waals surface area contributed by atoms with Gasteiger partial charge < -0.3 is 10.4 Å². The SMILES string of the molecule is Cc1ccc(C=N)[nH]1. The summed E-state index contributed by atoms with van der Waals surface area (Å²) in [6.45, 7) is 1.97. The molecular formula is C6H8N2.